The van der Waals surface area contributed by atoms with Gasteiger partial charge in [-0.05, 0) is 48.9 Å². The van der Waals surface area contributed by atoms with Gasteiger partial charge < -0.3 is 19.9 Å². The third kappa shape index (κ3) is 3.96. The van der Waals surface area contributed by atoms with Gasteiger partial charge in [0.05, 0.1) is 17.6 Å². The van der Waals surface area contributed by atoms with Gasteiger partial charge in [-0.2, -0.15) is 0 Å². The van der Waals surface area contributed by atoms with E-state index in [2.05, 4.69) is 27.3 Å². The van der Waals surface area contributed by atoms with Crippen molar-refractivity contribution in [2.45, 2.75) is 43.2 Å². The minimum absolute atomic E-state index is 0.0235. The normalized spacial score (nSPS) is 20.1. The number of nitrogens with zero attached hydrogens (tertiary/aromatic N) is 2. The van der Waals surface area contributed by atoms with Gasteiger partial charge in [0.15, 0.2) is 16.6 Å². The Labute approximate surface area is 202 Å². The number of anilines is 1. The molecule has 1 atom stereocenters. The standard InChI is InChI=1S/C26H27N3O4S/c30-19-8-12-29(13-9-19)23(17-4-2-1-3-5-17)22-15-27-25(34-22)28-24(31)26(10-11-26)18-6-7-20-21(14-18)33-16-32-20/h1-7,14-15,19,23,30H,8-13,16H2,(H,27,28,31). The van der Waals surface area contributed by atoms with E-state index in [4.69, 9.17) is 9.47 Å². The van der Waals surface area contributed by atoms with Gasteiger partial charge in [-0.25, -0.2) is 4.98 Å². The molecule has 6 rings (SSSR count). The highest BCUT2D eigenvalue weighted by Gasteiger charge is 2.52. The van der Waals surface area contributed by atoms with Crippen molar-refractivity contribution in [3.63, 3.8) is 0 Å². The van der Waals surface area contributed by atoms with Gasteiger partial charge in [-0.1, -0.05) is 47.7 Å². The summed E-state index contributed by atoms with van der Waals surface area (Å²) < 4.78 is 10.9. The quantitative estimate of drug-likeness (QED) is 0.557. The van der Waals surface area contributed by atoms with Crippen LogP contribution < -0.4 is 14.8 Å². The molecule has 2 N–H and O–H groups in total. The molecule has 2 aliphatic heterocycles. The maximum absolute atomic E-state index is 13.3. The zero-order valence-corrected chi connectivity index (χ0v) is 19.6. The van der Waals surface area contributed by atoms with E-state index in [0.29, 0.717) is 10.9 Å². The Morgan fingerprint density at radius 3 is 2.65 bits per heavy atom. The molecular formula is C26H27N3O4S. The lowest BCUT2D eigenvalue weighted by Gasteiger charge is -2.35. The van der Waals surface area contributed by atoms with Crippen LogP contribution in [0.3, 0.4) is 0 Å². The Hall–Kier alpha value is -2.94. The number of aliphatic hydroxyl groups is 1. The van der Waals surface area contributed by atoms with Crippen LogP contribution in [-0.4, -0.2) is 46.9 Å². The molecule has 1 saturated carbocycles. The summed E-state index contributed by atoms with van der Waals surface area (Å²) in [5.41, 5.74) is 1.62. The molecule has 0 radical (unpaired) electrons. The molecule has 0 spiro atoms. The third-order valence-electron chi connectivity index (χ3n) is 7.10. The predicted molar refractivity (Wildman–Crippen MR) is 129 cm³/mol. The number of likely N-dealkylation sites (tertiary alicyclic amines) is 1. The van der Waals surface area contributed by atoms with Gasteiger partial charge in [-0.15, -0.1) is 0 Å². The smallest absolute Gasteiger partial charge is 0.236 e. The van der Waals surface area contributed by atoms with Crippen LogP contribution >= 0.6 is 11.3 Å². The van der Waals surface area contributed by atoms with Crippen molar-refractivity contribution in [1.29, 1.82) is 0 Å². The summed E-state index contributed by atoms with van der Waals surface area (Å²) in [6, 6.07) is 16.2. The second-order valence-electron chi connectivity index (χ2n) is 9.25. The number of aliphatic hydroxyl groups excluding tert-OH is 1. The maximum atomic E-state index is 13.3. The molecule has 8 heteroatoms. The van der Waals surface area contributed by atoms with Gasteiger partial charge >= 0.3 is 0 Å². The molecule has 1 aliphatic carbocycles. The van der Waals surface area contributed by atoms with E-state index in [0.717, 1.165) is 55.0 Å². The Kier molecular flexibility index (Phi) is 5.51. The summed E-state index contributed by atoms with van der Waals surface area (Å²) in [5, 5.41) is 13.7. The molecule has 34 heavy (non-hydrogen) atoms. The number of hydrogen-bond donors (Lipinski definition) is 2. The number of benzene rings is 2. The molecule has 1 amide bonds. The molecule has 7 nitrogen and oxygen atoms in total. The third-order valence-corrected chi connectivity index (χ3v) is 8.07. The topological polar surface area (TPSA) is 83.9 Å². The minimum Gasteiger partial charge on any atom is -0.454 e. The zero-order valence-electron chi connectivity index (χ0n) is 18.8. The Bertz CT molecular complexity index is 1190. The molecule has 0 bridgehead atoms. The predicted octanol–water partition coefficient (Wildman–Crippen LogP) is 4.09. The van der Waals surface area contributed by atoms with Crippen LogP contribution in [0.5, 0.6) is 11.5 Å². The average Bonchev–Trinajstić information content (AvgIpc) is 3.33. The number of piperidine rings is 1. The molecule has 3 heterocycles. The number of ether oxygens (including phenoxy) is 2. The summed E-state index contributed by atoms with van der Waals surface area (Å²) in [7, 11) is 0. The highest BCUT2D eigenvalue weighted by Crippen LogP contribution is 2.51. The number of thiazole rings is 1. The van der Waals surface area contributed by atoms with Crippen LogP contribution in [0, 0.1) is 0 Å². The van der Waals surface area contributed by atoms with Crippen LogP contribution in [-0.2, 0) is 10.2 Å². The maximum Gasteiger partial charge on any atom is 0.236 e. The molecule has 1 saturated heterocycles. The van der Waals surface area contributed by atoms with Crippen LogP contribution in [0.4, 0.5) is 5.13 Å². The fourth-order valence-electron chi connectivity index (χ4n) is 4.99. The van der Waals surface area contributed by atoms with Crippen molar-refractivity contribution in [2.75, 3.05) is 25.2 Å². The largest absolute Gasteiger partial charge is 0.454 e. The summed E-state index contributed by atoms with van der Waals surface area (Å²) in [5.74, 6) is 1.40. The van der Waals surface area contributed by atoms with Crippen molar-refractivity contribution in [1.82, 2.24) is 9.88 Å². The van der Waals surface area contributed by atoms with Crippen molar-refractivity contribution in [3.05, 3.63) is 70.7 Å². The number of carbonyl (C=O) groups excluding carboxylic acids is 1. The van der Waals surface area contributed by atoms with Gasteiger partial charge in [0.2, 0.25) is 12.7 Å². The lowest BCUT2D eigenvalue weighted by Crippen LogP contribution is -2.38. The van der Waals surface area contributed by atoms with E-state index < -0.39 is 5.41 Å². The number of hydrogen-bond acceptors (Lipinski definition) is 7. The van der Waals surface area contributed by atoms with Gasteiger partial charge in [0.25, 0.3) is 0 Å². The van der Waals surface area contributed by atoms with Gasteiger partial charge in [-0.3, -0.25) is 9.69 Å². The Morgan fingerprint density at radius 2 is 1.88 bits per heavy atom. The first-order valence-corrected chi connectivity index (χ1v) is 12.6. The number of carbonyl (C=O) groups is 1. The first-order chi connectivity index (χ1) is 16.6. The van der Waals surface area contributed by atoms with E-state index in [9.17, 15) is 9.90 Å². The second kappa shape index (κ2) is 8.69. The summed E-state index contributed by atoms with van der Waals surface area (Å²) in [6.45, 7) is 1.87. The summed E-state index contributed by atoms with van der Waals surface area (Å²) >= 11 is 1.53. The number of aromatic nitrogens is 1. The number of amides is 1. The average molecular weight is 478 g/mol. The molecule has 3 aliphatic rings. The minimum atomic E-state index is -0.533. The Morgan fingerprint density at radius 1 is 1.12 bits per heavy atom. The number of fused-ring (bicyclic) bond motifs is 1. The summed E-state index contributed by atoms with van der Waals surface area (Å²) in [4.78, 5) is 21.4. The zero-order chi connectivity index (χ0) is 23.1. The molecule has 1 unspecified atom stereocenters. The lowest BCUT2D eigenvalue weighted by atomic mass is 9.94. The van der Waals surface area contributed by atoms with Crippen LogP contribution in [0.15, 0.2) is 54.7 Å². The molecular weight excluding hydrogens is 450 g/mol. The summed E-state index contributed by atoms with van der Waals surface area (Å²) in [6.07, 6.45) is 4.80. The monoisotopic (exact) mass is 477 g/mol. The molecule has 1 aromatic heterocycles. The van der Waals surface area contributed by atoms with E-state index in [1.54, 1.807) is 0 Å². The first kappa shape index (κ1) is 21.6. The number of rotatable bonds is 6. The van der Waals surface area contributed by atoms with Crippen LogP contribution in [0.25, 0.3) is 0 Å². The molecule has 176 valence electrons. The van der Waals surface area contributed by atoms with Gasteiger partial charge in [0.1, 0.15) is 0 Å². The van der Waals surface area contributed by atoms with Crippen molar-refractivity contribution in [3.8, 4) is 11.5 Å². The van der Waals surface area contributed by atoms with Crippen molar-refractivity contribution in [2.24, 2.45) is 0 Å². The fourth-order valence-corrected chi connectivity index (χ4v) is 5.96. The van der Waals surface area contributed by atoms with E-state index in [1.165, 1.54) is 16.9 Å². The van der Waals surface area contributed by atoms with Crippen molar-refractivity contribution < 1.29 is 19.4 Å². The van der Waals surface area contributed by atoms with Crippen LogP contribution in [0.1, 0.15) is 47.7 Å². The SMILES string of the molecule is O=C(Nc1ncc(C(c2ccccc2)N2CCC(O)CC2)s1)C1(c2ccc3c(c2)OCO3)CC1. The highest BCUT2D eigenvalue weighted by molar-refractivity contribution is 7.15. The Balaban J connectivity index is 1.22. The van der Waals surface area contributed by atoms with Crippen molar-refractivity contribution >= 4 is 22.4 Å². The fraction of sp³-hybridized carbons (Fsp3) is 0.385. The lowest BCUT2D eigenvalue weighted by molar-refractivity contribution is -0.118. The van der Waals surface area contributed by atoms with E-state index >= 15 is 0 Å². The van der Waals surface area contributed by atoms with E-state index in [-0.39, 0.29) is 24.8 Å². The molecule has 2 aromatic carbocycles. The molecule has 2 fully saturated rings. The number of nitrogens with one attached hydrogen (secondary N) is 1. The van der Waals surface area contributed by atoms with Crippen LogP contribution in [0.2, 0.25) is 0 Å². The first-order valence-electron chi connectivity index (χ1n) is 11.8. The van der Waals surface area contributed by atoms with E-state index in [1.807, 2.05) is 42.6 Å². The molecule has 3 aromatic rings. The van der Waals surface area contributed by atoms with Gasteiger partial charge in [0, 0.05) is 24.2 Å². The highest BCUT2D eigenvalue weighted by atomic mass is 32.1. The second-order valence-corrected chi connectivity index (χ2v) is 10.3.